The molecule has 1 saturated heterocycles. The van der Waals surface area contributed by atoms with Crippen molar-refractivity contribution in [3.63, 3.8) is 0 Å². The summed E-state index contributed by atoms with van der Waals surface area (Å²) >= 11 is 0. The highest BCUT2D eigenvalue weighted by Crippen LogP contribution is 2.33. The van der Waals surface area contributed by atoms with E-state index in [0.29, 0.717) is 5.92 Å². The van der Waals surface area contributed by atoms with Crippen molar-refractivity contribution in [1.29, 1.82) is 0 Å². The first-order valence-corrected chi connectivity index (χ1v) is 21.7. The van der Waals surface area contributed by atoms with Crippen LogP contribution in [-0.2, 0) is 24.4 Å². The van der Waals surface area contributed by atoms with Crippen molar-refractivity contribution in [2.24, 2.45) is 29.6 Å². The summed E-state index contributed by atoms with van der Waals surface area (Å²) in [4.78, 5) is 4.84. The molecule has 2 N–H and O–H groups in total. The zero-order valence-corrected chi connectivity index (χ0v) is 36.5. The number of hydrogen-bond acceptors (Lipinski definition) is 1. The lowest BCUT2D eigenvalue weighted by molar-refractivity contribution is -0.936. The fraction of sp³-hybridized carbons (Fsp3) is 0.725. The molecular formula is C51H101N5O+4. The number of aromatic amines is 1. The molecule has 6 nitrogen and oxygen atoms in total. The number of hydrogen-bond donors (Lipinski definition) is 2. The zero-order chi connectivity index (χ0) is 39.1. The van der Waals surface area contributed by atoms with E-state index in [1.807, 2.05) is 12.3 Å². The maximum atomic E-state index is 5.29. The summed E-state index contributed by atoms with van der Waals surface area (Å²) in [6.45, 7) is 38.0. The summed E-state index contributed by atoms with van der Waals surface area (Å²) < 4.78 is 11.0. The number of pyridine rings is 1. The SMILES string of the molecule is C.C.C.C.CC(C)C1CCC(C[n+]2cc[nH]c2)CC1.CC(C)CC[NH+]1CCOCC1.CC(C)C[n+]1ccccc1.CC[N+](CC)(CC)Cc1ccc(C(C)C)cc1. The third-order valence-corrected chi connectivity index (χ3v) is 11.7. The molecule has 0 atom stereocenters. The molecular weight excluding hydrogens is 699 g/mol. The van der Waals surface area contributed by atoms with Gasteiger partial charge in [-0.25, -0.2) is 9.13 Å². The standard InChI is InChI=1S/C16H28N.C13H22N2.C9H19NO.C9H14N.4CH4/c1-6-17(7-2,8-3)13-15-9-11-16(12-10-15)14(4)5;1-11(2)13-5-3-12(4-6-13)9-15-8-7-14-10-15;1-9(2)3-4-10-5-7-11-8-6-10;1-9(2)8-10-6-4-3-5-7-10;;;;/h9-12,14H,6-8,13H2,1-5H3;7-8,10-13H,3-6,9H2,1-2H3;9H,3-8H2,1-2H3;3-7,9H,8H2,1-2H3;4*1H4/q+1;;;+1;;;;/p+2. The average molecular weight is 800 g/mol. The highest BCUT2D eigenvalue weighted by Gasteiger charge is 2.24. The Morgan fingerprint density at radius 2 is 1.28 bits per heavy atom. The van der Waals surface area contributed by atoms with E-state index in [0.717, 1.165) is 49.3 Å². The number of benzene rings is 1. The molecule has 2 aromatic heterocycles. The topological polar surface area (TPSA) is 37.2 Å². The number of aromatic nitrogens is 3. The fourth-order valence-electron chi connectivity index (χ4n) is 7.55. The number of ether oxygens (including phenoxy) is 1. The number of H-pyrrole nitrogens is 1. The molecule has 0 amide bonds. The molecule has 1 saturated carbocycles. The minimum absolute atomic E-state index is 0. The highest BCUT2D eigenvalue weighted by atomic mass is 16.5. The Morgan fingerprint density at radius 3 is 1.72 bits per heavy atom. The zero-order valence-electron chi connectivity index (χ0n) is 36.5. The van der Waals surface area contributed by atoms with E-state index in [1.54, 1.807) is 4.90 Å². The normalized spacial score (nSPS) is 16.6. The van der Waals surface area contributed by atoms with Crippen molar-refractivity contribution in [1.82, 2.24) is 4.98 Å². The van der Waals surface area contributed by atoms with Crippen molar-refractivity contribution in [3.8, 4) is 0 Å². The van der Waals surface area contributed by atoms with E-state index in [1.165, 1.54) is 100 Å². The van der Waals surface area contributed by atoms with E-state index in [2.05, 4.69) is 152 Å². The van der Waals surface area contributed by atoms with Gasteiger partial charge in [-0.15, -0.1) is 0 Å². The van der Waals surface area contributed by atoms with Gasteiger partial charge in [0.2, 0.25) is 6.33 Å². The number of nitrogens with one attached hydrogen (secondary N) is 2. The lowest BCUT2D eigenvalue weighted by atomic mass is 9.77. The smallest absolute Gasteiger partial charge is 0.241 e. The third-order valence-electron chi connectivity index (χ3n) is 11.7. The molecule has 0 spiro atoms. The number of imidazole rings is 1. The van der Waals surface area contributed by atoms with Crippen LogP contribution < -0.4 is 14.0 Å². The summed E-state index contributed by atoms with van der Waals surface area (Å²) in [5.74, 6) is 4.98. The maximum absolute atomic E-state index is 5.29. The molecule has 1 aliphatic heterocycles. The van der Waals surface area contributed by atoms with E-state index in [9.17, 15) is 0 Å². The second kappa shape index (κ2) is 33.3. The Bertz CT molecular complexity index is 1250. The van der Waals surface area contributed by atoms with Crippen LogP contribution in [-0.4, -0.2) is 61.9 Å². The van der Waals surface area contributed by atoms with Crippen LogP contribution in [0.3, 0.4) is 0 Å². The minimum atomic E-state index is 0. The first kappa shape index (κ1) is 58.8. The van der Waals surface area contributed by atoms with Crippen LogP contribution in [0.5, 0.6) is 0 Å². The second-order valence-electron chi connectivity index (χ2n) is 17.4. The van der Waals surface area contributed by atoms with Crippen LogP contribution in [0.25, 0.3) is 0 Å². The van der Waals surface area contributed by atoms with Crippen molar-refractivity contribution in [2.45, 2.75) is 164 Å². The molecule has 1 aliphatic carbocycles. The molecule has 3 aromatic rings. The van der Waals surface area contributed by atoms with E-state index in [-0.39, 0.29) is 29.7 Å². The van der Waals surface area contributed by atoms with Gasteiger partial charge in [0.1, 0.15) is 32.0 Å². The van der Waals surface area contributed by atoms with Crippen molar-refractivity contribution >= 4 is 0 Å². The molecule has 0 bridgehead atoms. The van der Waals surface area contributed by atoms with Crippen LogP contribution in [0.2, 0.25) is 0 Å². The maximum Gasteiger partial charge on any atom is 0.241 e. The van der Waals surface area contributed by atoms with Crippen molar-refractivity contribution in [3.05, 3.63) is 84.7 Å². The molecule has 1 aromatic carbocycles. The van der Waals surface area contributed by atoms with Gasteiger partial charge in [0.15, 0.2) is 18.9 Å². The molecule has 0 unspecified atom stereocenters. The Labute approximate surface area is 357 Å². The number of morpholine rings is 1. The van der Waals surface area contributed by atoms with Gasteiger partial charge < -0.3 is 14.1 Å². The van der Waals surface area contributed by atoms with Crippen LogP contribution in [0.1, 0.15) is 155 Å². The highest BCUT2D eigenvalue weighted by molar-refractivity contribution is 5.24. The second-order valence-corrected chi connectivity index (χ2v) is 17.4. The van der Waals surface area contributed by atoms with Crippen molar-refractivity contribution < 1.29 is 23.3 Å². The molecule has 332 valence electrons. The largest absolute Gasteiger partial charge is 0.370 e. The Kier molecular flexibility index (Phi) is 34.3. The summed E-state index contributed by atoms with van der Waals surface area (Å²) in [5, 5.41) is 0. The third kappa shape index (κ3) is 24.9. The van der Waals surface area contributed by atoms with E-state index < -0.39 is 0 Å². The Hall–Kier alpha value is -2.54. The number of nitrogens with zero attached hydrogens (tertiary/aromatic N) is 3. The lowest BCUT2D eigenvalue weighted by Crippen LogP contribution is -3.14. The Balaban J connectivity index is -0.000000679. The predicted molar refractivity (Wildman–Crippen MR) is 252 cm³/mol. The van der Waals surface area contributed by atoms with Gasteiger partial charge in [-0.2, -0.15) is 0 Å². The van der Waals surface area contributed by atoms with Crippen molar-refractivity contribution in [2.75, 3.05) is 52.5 Å². The number of quaternary nitrogens is 2. The van der Waals surface area contributed by atoms with Crippen LogP contribution in [0.15, 0.2) is 73.6 Å². The first-order chi connectivity index (χ1) is 25.4. The van der Waals surface area contributed by atoms with E-state index >= 15 is 0 Å². The van der Waals surface area contributed by atoms with Gasteiger partial charge in [-0.05, 0) is 88.0 Å². The van der Waals surface area contributed by atoms with Gasteiger partial charge in [0, 0.05) is 23.6 Å². The van der Waals surface area contributed by atoms with Gasteiger partial charge in [0.05, 0.1) is 45.9 Å². The summed E-state index contributed by atoms with van der Waals surface area (Å²) in [5.41, 5.74) is 2.91. The van der Waals surface area contributed by atoms with Gasteiger partial charge in [-0.3, -0.25) is 4.98 Å². The first-order valence-electron chi connectivity index (χ1n) is 21.7. The predicted octanol–water partition coefficient (Wildman–Crippen LogP) is 11.1. The quantitative estimate of drug-likeness (QED) is 0.124. The molecule has 6 heteroatoms. The summed E-state index contributed by atoms with van der Waals surface area (Å²) in [7, 11) is 0. The molecule has 5 rings (SSSR count). The Morgan fingerprint density at radius 1 is 0.719 bits per heavy atom. The summed E-state index contributed by atoms with van der Waals surface area (Å²) in [6, 6.07) is 15.3. The lowest BCUT2D eigenvalue weighted by Gasteiger charge is -2.36. The van der Waals surface area contributed by atoms with Gasteiger partial charge >= 0.3 is 0 Å². The van der Waals surface area contributed by atoms with Gasteiger partial charge in [0.25, 0.3) is 0 Å². The number of rotatable bonds is 14. The van der Waals surface area contributed by atoms with Crippen LogP contribution in [0, 0.1) is 29.6 Å². The molecule has 57 heavy (non-hydrogen) atoms. The molecule has 2 aliphatic rings. The molecule has 3 heterocycles. The summed E-state index contributed by atoms with van der Waals surface area (Å²) in [6.07, 6.45) is 17.5. The van der Waals surface area contributed by atoms with Gasteiger partial charge in [-0.1, -0.05) is 115 Å². The van der Waals surface area contributed by atoms with E-state index in [4.69, 9.17) is 4.74 Å². The fourth-order valence-corrected chi connectivity index (χ4v) is 7.55. The molecule has 0 radical (unpaired) electrons. The van der Waals surface area contributed by atoms with Crippen LogP contribution in [0.4, 0.5) is 0 Å². The minimum Gasteiger partial charge on any atom is -0.370 e. The average Bonchev–Trinajstić information content (AvgIpc) is 3.68. The molecule has 2 fully saturated rings. The van der Waals surface area contributed by atoms with Crippen LogP contribution >= 0.6 is 0 Å². The monoisotopic (exact) mass is 800 g/mol.